The number of rotatable bonds is 8. The van der Waals surface area contributed by atoms with E-state index >= 15 is 0 Å². The lowest BCUT2D eigenvalue weighted by atomic mass is 10.2. The molecule has 1 atom stereocenters. The first-order valence-electron chi connectivity index (χ1n) is 7.30. The summed E-state index contributed by atoms with van der Waals surface area (Å²) in [4.78, 5) is 23.1. The second kappa shape index (κ2) is 7.68. The van der Waals surface area contributed by atoms with E-state index in [0.29, 0.717) is 17.4 Å². The Balaban J connectivity index is 1.63. The highest BCUT2D eigenvalue weighted by Crippen LogP contribution is 2.32. The van der Waals surface area contributed by atoms with Crippen LogP contribution in [0.1, 0.15) is 19.8 Å². The van der Waals surface area contributed by atoms with E-state index in [1.165, 1.54) is 0 Å². The molecule has 1 amide bonds. The summed E-state index contributed by atoms with van der Waals surface area (Å²) in [6.07, 6.45) is 2.30. The minimum absolute atomic E-state index is 0.141. The number of benzene rings is 1. The third-order valence-corrected chi connectivity index (χ3v) is 3.50. The van der Waals surface area contributed by atoms with Crippen LogP contribution in [0.4, 0.5) is 0 Å². The molecule has 6 heteroatoms. The molecule has 0 heterocycles. The van der Waals surface area contributed by atoms with Gasteiger partial charge in [0.1, 0.15) is 11.5 Å². The van der Waals surface area contributed by atoms with E-state index < -0.39 is 5.97 Å². The van der Waals surface area contributed by atoms with Crippen molar-refractivity contribution in [2.75, 3.05) is 20.3 Å². The van der Waals surface area contributed by atoms with E-state index in [2.05, 4.69) is 5.32 Å². The van der Waals surface area contributed by atoms with Crippen LogP contribution in [0.15, 0.2) is 24.3 Å². The van der Waals surface area contributed by atoms with Crippen molar-refractivity contribution in [3.8, 4) is 11.5 Å². The van der Waals surface area contributed by atoms with Crippen LogP contribution >= 0.6 is 0 Å². The van der Waals surface area contributed by atoms with E-state index in [1.54, 1.807) is 31.4 Å². The summed E-state index contributed by atoms with van der Waals surface area (Å²) in [5, 5.41) is 2.81. The third-order valence-electron chi connectivity index (χ3n) is 3.50. The highest BCUT2D eigenvalue weighted by Gasteiger charge is 2.28. The number of esters is 1. The van der Waals surface area contributed by atoms with Gasteiger partial charge in [-0.25, -0.2) is 4.79 Å². The zero-order chi connectivity index (χ0) is 15.9. The average Bonchev–Trinajstić information content (AvgIpc) is 3.36. The summed E-state index contributed by atoms with van der Waals surface area (Å²) in [7, 11) is 1.57. The molecule has 1 aromatic carbocycles. The summed E-state index contributed by atoms with van der Waals surface area (Å²) in [6, 6.07) is 6.98. The fourth-order valence-corrected chi connectivity index (χ4v) is 2.01. The van der Waals surface area contributed by atoms with Crippen LogP contribution in [0.3, 0.4) is 0 Å². The first-order chi connectivity index (χ1) is 10.6. The second-order valence-corrected chi connectivity index (χ2v) is 5.32. The molecule has 2 rings (SSSR count). The number of carbonyl (C=O) groups is 2. The molecule has 22 heavy (non-hydrogen) atoms. The average molecular weight is 307 g/mol. The summed E-state index contributed by atoms with van der Waals surface area (Å²) >= 11 is 0. The van der Waals surface area contributed by atoms with Crippen molar-refractivity contribution in [2.24, 2.45) is 5.92 Å². The standard InChI is InChI=1S/C16H21NO5/c1-11(12-3-4-12)17-15(18)9-22-16(19)10-21-14-7-5-13(20-2)6-8-14/h5-8,11-12H,3-4,9-10H2,1-2H3,(H,17,18)/t11-/m1/s1. The van der Waals surface area contributed by atoms with Crippen LogP contribution in [0.25, 0.3) is 0 Å². The van der Waals surface area contributed by atoms with Crippen LogP contribution in [-0.2, 0) is 14.3 Å². The fourth-order valence-electron chi connectivity index (χ4n) is 2.01. The predicted molar refractivity (Wildman–Crippen MR) is 79.8 cm³/mol. The zero-order valence-corrected chi connectivity index (χ0v) is 12.8. The number of hydrogen-bond donors (Lipinski definition) is 1. The van der Waals surface area contributed by atoms with Crippen molar-refractivity contribution in [3.05, 3.63) is 24.3 Å². The van der Waals surface area contributed by atoms with E-state index in [-0.39, 0.29) is 25.2 Å². The van der Waals surface area contributed by atoms with Crippen molar-refractivity contribution in [1.29, 1.82) is 0 Å². The normalized spacial score (nSPS) is 14.8. The quantitative estimate of drug-likeness (QED) is 0.737. The Morgan fingerprint density at radius 3 is 2.41 bits per heavy atom. The molecule has 120 valence electrons. The summed E-state index contributed by atoms with van der Waals surface area (Å²) in [6.45, 7) is 1.45. The Hall–Kier alpha value is -2.24. The Morgan fingerprint density at radius 2 is 1.82 bits per heavy atom. The van der Waals surface area contributed by atoms with Crippen molar-refractivity contribution < 1.29 is 23.8 Å². The molecule has 0 bridgehead atoms. The lowest BCUT2D eigenvalue weighted by Crippen LogP contribution is -2.37. The van der Waals surface area contributed by atoms with E-state index in [1.807, 2.05) is 6.92 Å². The molecule has 1 aliphatic rings. The Kier molecular flexibility index (Phi) is 5.63. The Labute approximate surface area is 129 Å². The molecular weight excluding hydrogens is 286 g/mol. The van der Waals surface area contributed by atoms with E-state index in [0.717, 1.165) is 12.8 Å². The van der Waals surface area contributed by atoms with Crippen molar-refractivity contribution >= 4 is 11.9 Å². The van der Waals surface area contributed by atoms with Gasteiger partial charge in [0.05, 0.1) is 7.11 Å². The smallest absolute Gasteiger partial charge is 0.344 e. The fraction of sp³-hybridized carbons (Fsp3) is 0.500. The van der Waals surface area contributed by atoms with Gasteiger partial charge in [0.2, 0.25) is 0 Å². The van der Waals surface area contributed by atoms with Crippen molar-refractivity contribution in [2.45, 2.75) is 25.8 Å². The highest BCUT2D eigenvalue weighted by atomic mass is 16.6. The lowest BCUT2D eigenvalue weighted by molar-refractivity contribution is -0.150. The van der Waals surface area contributed by atoms with Crippen LogP contribution < -0.4 is 14.8 Å². The molecule has 1 N–H and O–H groups in total. The minimum atomic E-state index is -0.579. The molecule has 0 spiro atoms. The maximum atomic E-state index is 11.6. The molecule has 0 aliphatic heterocycles. The van der Waals surface area contributed by atoms with Crippen LogP contribution in [0.5, 0.6) is 11.5 Å². The van der Waals surface area contributed by atoms with Gasteiger partial charge in [-0.3, -0.25) is 4.79 Å². The Bertz CT molecular complexity index is 510. The maximum Gasteiger partial charge on any atom is 0.344 e. The number of amides is 1. The van der Waals surface area contributed by atoms with Gasteiger partial charge in [-0.15, -0.1) is 0 Å². The Morgan fingerprint density at radius 1 is 1.18 bits per heavy atom. The van der Waals surface area contributed by atoms with E-state index in [4.69, 9.17) is 14.2 Å². The topological polar surface area (TPSA) is 73.9 Å². The van der Waals surface area contributed by atoms with E-state index in [9.17, 15) is 9.59 Å². The number of nitrogens with one attached hydrogen (secondary N) is 1. The third kappa shape index (κ3) is 5.27. The van der Waals surface area contributed by atoms with Crippen molar-refractivity contribution in [3.63, 3.8) is 0 Å². The van der Waals surface area contributed by atoms with Crippen molar-refractivity contribution in [1.82, 2.24) is 5.32 Å². The van der Waals surface area contributed by atoms with Gasteiger partial charge < -0.3 is 19.5 Å². The molecule has 0 unspecified atom stereocenters. The zero-order valence-electron chi connectivity index (χ0n) is 12.8. The van der Waals surface area contributed by atoms with Gasteiger partial charge in [0.15, 0.2) is 13.2 Å². The number of carbonyl (C=O) groups excluding carboxylic acids is 2. The molecular formula is C16H21NO5. The van der Waals surface area contributed by atoms with Gasteiger partial charge in [-0.1, -0.05) is 0 Å². The lowest BCUT2D eigenvalue weighted by Gasteiger charge is -2.12. The molecule has 6 nitrogen and oxygen atoms in total. The number of ether oxygens (including phenoxy) is 3. The monoisotopic (exact) mass is 307 g/mol. The van der Waals surface area contributed by atoms with Gasteiger partial charge in [0, 0.05) is 6.04 Å². The van der Waals surface area contributed by atoms with Gasteiger partial charge >= 0.3 is 5.97 Å². The summed E-state index contributed by atoms with van der Waals surface area (Å²) < 4.78 is 15.2. The number of methoxy groups -OCH3 is 1. The molecule has 0 saturated heterocycles. The number of hydrogen-bond acceptors (Lipinski definition) is 5. The molecule has 1 saturated carbocycles. The van der Waals surface area contributed by atoms with Gasteiger partial charge in [0.25, 0.3) is 5.91 Å². The maximum absolute atomic E-state index is 11.6. The molecule has 1 fully saturated rings. The van der Waals surface area contributed by atoms with Crippen LogP contribution in [0.2, 0.25) is 0 Å². The summed E-state index contributed by atoms with van der Waals surface area (Å²) in [5.41, 5.74) is 0. The molecule has 1 aromatic rings. The van der Waals surface area contributed by atoms with Crippen LogP contribution in [-0.4, -0.2) is 38.2 Å². The highest BCUT2D eigenvalue weighted by molar-refractivity contribution is 5.81. The van der Waals surface area contributed by atoms with Crippen LogP contribution in [0, 0.1) is 5.92 Å². The molecule has 1 aliphatic carbocycles. The second-order valence-electron chi connectivity index (χ2n) is 5.32. The SMILES string of the molecule is COc1ccc(OCC(=O)OCC(=O)N[C@H](C)C2CC2)cc1. The predicted octanol–water partition coefficient (Wildman–Crippen LogP) is 1.53. The van der Waals surface area contributed by atoms with Gasteiger partial charge in [-0.2, -0.15) is 0 Å². The summed E-state index contributed by atoms with van der Waals surface area (Å²) in [5.74, 6) is 0.946. The first-order valence-corrected chi connectivity index (χ1v) is 7.30. The molecule has 0 radical (unpaired) electrons. The largest absolute Gasteiger partial charge is 0.497 e. The minimum Gasteiger partial charge on any atom is -0.497 e. The molecule has 0 aromatic heterocycles. The first kappa shape index (κ1) is 16.1. The van der Waals surface area contributed by atoms with Gasteiger partial charge in [-0.05, 0) is 49.9 Å².